The maximum Gasteiger partial charge on any atom is 0.335 e. The Labute approximate surface area is 170 Å². The number of likely N-dealkylation sites (tertiary alicyclic amines) is 1. The van der Waals surface area contributed by atoms with Crippen molar-refractivity contribution in [3.8, 4) is 0 Å². The van der Waals surface area contributed by atoms with Crippen LogP contribution in [-0.2, 0) is 17.6 Å². The fourth-order valence-electron chi connectivity index (χ4n) is 4.39. The average molecular weight is 390 g/mol. The molecule has 1 aromatic heterocycles. The van der Waals surface area contributed by atoms with Crippen molar-refractivity contribution < 1.29 is 14.7 Å². The number of aryl methyl sites for hydroxylation is 1. The molecule has 0 bridgehead atoms. The predicted octanol–water partition coefficient (Wildman–Crippen LogP) is 4.20. The molecule has 150 valence electrons. The number of para-hydroxylation sites is 1. The van der Waals surface area contributed by atoms with E-state index in [0.717, 1.165) is 54.4 Å². The first-order chi connectivity index (χ1) is 14.0. The molecule has 29 heavy (non-hydrogen) atoms. The van der Waals surface area contributed by atoms with Crippen LogP contribution in [0.15, 0.2) is 48.7 Å². The number of carbonyl (C=O) groups excluding carboxylic acids is 1. The molecule has 5 nitrogen and oxygen atoms in total. The minimum absolute atomic E-state index is 0.164. The number of aromatic nitrogens is 1. The molecule has 0 unspecified atom stereocenters. The molecule has 0 spiro atoms. The van der Waals surface area contributed by atoms with Gasteiger partial charge in [-0.25, -0.2) is 4.79 Å². The fourth-order valence-corrected chi connectivity index (χ4v) is 4.39. The van der Waals surface area contributed by atoms with Gasteiger partial charge in [-0.15, -0.1) is 0 Å². The summed E-state index contributed by atoms with van der Waals surface area (Å²) in [5.41, 5.74) is 4.61. The third-order valence-corrected chi connectivity index (χ3v) is 6.07. The van der Waals surface area contributed by atoms with E-state index in [1.165, 1.54) is 5.56 Å². The molecule has 1 saturated heterocycles. The summed E-state index contributed by atoms with van der Waals surface area (Å²) in [6.45, 7) is 3.54. The number of rotatable bonds is 5. The zero-order chi connectivity index (χ0) is 20.4. The molecule has 4 rings (SSSR count). The van der Waals surface area contributed by atoms with Crippen molar-refractivity contribution >= 4 is 22.8 Å². The highest BCUT2D eigenvalue weighted by molar-refractivity contribution is 5.90. The van der Waals surface area contributed by atoms with E-state index < -0.39 is 5.97 Å². The van der Waals surface area contributed by atoms with Crippen LogP contribution in [0, 0.1) is 12.8 Å². The van der Waals surface area contributed by atoms with Crippen molar-refractivity contribution in [2.45, 2.75) is 32.6 Å². The molecule has 1 amide bonds. The number of piperidine rings is 1. The van der Waals surface area contributed by atoms with Crippen molar-refractivity contribution in [3.63, 3.8) is 0 Å². The van der Waals surface area contributed by atoms with Gasteiger partial charge in [0, 0.05) is 30.2 Å². The predicted molar refractivity (Wildman–Crippen MR) is 113 cm³/mol. The number of amides is 1. The quantitative estimate of drug-likeness (QED) is 0.686. The smallest absolute Gasteiger partial charge is 0.335 e. The number of carboxylic acid groups (broad SMARTS) is 1. The molecule has 3 aromatic rings. The molecule has 2 N–H and O–H groups in total. The van der Waals surface area contributed by atoms with Crippen molar-refractivity contribution in [2.75, 3.05) is 13.1 Å². The van der Waals surface area contributed by atoms with Gasteiger partial charge in [0.05, 0.1) is 12.0 Å². The second-order valence-electron chi connectivity index (χ2n) is 7.98. The molecule has 0 aliphatic carbocycles. The Hall–Kier alpha value is -3.08. The highest BCUT2D eigenvalue weighted by Gasteiger charge is 2.24. The monoisotopic (exact) mass is 390 g/mol. The van der Waals surface area contributed by atoms with Gasteiger partial charge in [-0.3, -0.25) is 4.79 Å². The summed E-state index contributed by atoms with van der Waals surface area (Å²) in [5, 5.41) is 10.5. The third-order valence-electron chi connectivity index (χ3n) is 6.07. The standard InChI is InChI=1S/C24H26N2O3/c1-16-5-4-8-20-19(15-25-23(16)20)14-22(27)26-11-9-17(10-12-26)13-18-6-2-3-7-21(18)24(28)29/h2-8,15,17,25H,9-14H2,1H3,(H,28,29). The van der Waals surface area contributed by atoms with Crippen LogP contribution in [0.4, 0.5) is 0 Å². The molecular formula is C24H26N2O3. The van der Waals surface area contributed by atoms with Crippen LogP contribution in [0.1, 0.15) is 39.9 Å². The second kappa shape index (κ2) is 8.11. The molecule has 1 aliphatic heterocycles. The normalized spacial score (nSPS) is 15.0. The first-order valence-electron chi connectivity index (χ1n) is 10.2. The lowest BCUT2D eigenvalue weighted by Gasteiger charge is -2.32. The summed E-state index contributed by atoms with van der Waals surface area (Å²) in [4.78, 5) is 29.5. The number of carbonyl (C=O) groups is 2. The van der Waals surface area contributed by atoms with Crippen LogP contribution in [-0.4, -0.2) is 40.0 Å². The third kappa shape index (κ3) is 4.04. The molecule has 2 heterocycles. The summed E-state index contributed by atoms with van der Waals surface area (Å²) in [7, 11) is 0. The van der Waals surface area contributed by atoms with E-state index in [9.17, 15) is 14.7 Å². The number of hydrogen-bond donors (Lipinski definition) is 2. The van der Waals surface area contributed by atoms with Crippen LogP contribution >= 0.6 is 0 Å². The van der Waals surface area contributed by atoms with Crippen LogP contribution in [0.25, 0.3) is 10.9 Å². The van der Waals surface area contributed by atoms with E-state index in [1.807, 2.05) is 29.3 Å². The fraction of sp³-hybridized carbons (Fsp3) is 0.333. The summed E-state index contributed by atoms with van der Waals surface area (Å²) >= 11 is 0. The first-order valence-corrected chi connectivity index (χ1v) is 10.2. The number of aromatic amines is 1. The van der Waals surface area contributed by atoms with E-state index in [1.54, 1.807) is 12.1 Å². The molecule has 0 atom stereocenters. The van der Waals surface area contributed by atoms with Gasteiger partial charge in [0.25, 0.3) is 0 Å². The van der Waals surface area contributed by atoms with Gasteiger partial charge >= 0.3 is 5.97 Å². The van der Waals surface area contributed by atoms with Crippen molar-refractivity contribution in [3.05, 3.63) is 70.9 Å². The Balaban J connectivity index is 1.36. The Morgan fingerprint density at radius 2 is 1.83 bits per heavy atom. The zero-order valence-electron chi connectivity index (χ0n) is 16.6. The summed E-state index contributed by atoms with van der Waals surface area (Å²) < 4.78 is 0. The van der Waals surface area contributed by atoms with E-state index in [-0.39, 0.29) is 5.91 Å². The number of nitrogens with zero attached hydrogens (tertiary/aromatic N) is 1. The minimum atomic E-state index is -0.873. The van der Waals surface area contributed by atoms with E-state index >= 15 is 0 Å². The van der Waals surface area contributed by atoms with Crippen LogP contribution in [0.2, 0.25) is 0 Å². The number of H-pyrrole nitrogens is 1. The maximum atomic E-state index is 12.8. The summed E-state index contributed by atoms with van der Waals surface area (Å²) in [6, 6.07) is 13.4. The number of hydrogen-bond acceptors (Lipinski definition) is 2. The molecule has 2 aromatic carbocycles. The topological polar surface area (TPSA) is 73.4 Å². The van der Waals surface area contributed by atoms with Crippen LogP contribution in [0.5, 0.6) is 0 Å². The van der Waals surface area contributed by atoms with Gasteiger partial charge in [0.2, 0.25) is 5.91 Å². The molecule has 0 radical (unpaired) electrons. The lowest BCUT2D eigenvalue weighted by atomic mass is 9.88. The van der Waals surface area contributed by atoms with Gasteiger partial charge in [-0.05, 0) is 54.9 Å². The lowest BCUT2D eigenvalue weighted by molar-refractivity contribution is -0.131. The largest absolute Gasteiger partial charge is 0.478 e. The van der Waals surface area contributed by atoms with Crippen LogP contribution < -0.4 is 0 Å². The van der Waals surface area contributed by atoms with E-state index in [0.29, 0.717) is 17.9 Å². The highest BCUT2D eigenvalue weighted by atomic mass is 16.4. The van der Waals surface area contributed by atoms with E-state index in [4.69, 9.17) is 0 Å². The zero-order valence-corrected chi connectivity index (χ0v) is 16.6. The number of fused-ring (bicyclic) bond motifs is 1. The summed E-state index contributed by atoms with van der Waals surface area (Å²) in [5.74, 6) is -0.297. The van der Waals surface area contributed by atoms with Gasteiger partial charge < -0.3 is 15.0 Å². The van der Waals surface area contributed by atoms with Crippen LogP contribution in [0.3, 0.4) is 0 Å². The molecule has 1 aliphatic rings. The SMILES string of the molecule is Cc1cccc2c(CC(=O)N3CCC(Cc4ccccc4C(=O)O)CC3)c[nH]c12. The molecule has 0 saturated carbocycles. The first kappa shape index (κ1) is 19.2. The Bertz CT molecular complexity index is 1050. The molecule has 5 heteroatoms. The van der Waals surface area contributed by atoms with Gasteiger partial charge in [-0.2, -0.15) is 0 Å². The van der Waals surface area contributed by atoms with Crippen molar-refractivity contribution in [2.24, 2.45) is 5.92 Å². The molecular weight excluding hydrogens is 364 g/mol. The molecule has 1 fully saturated rings. The van der Waals surface area contributed by atoms with E-state index in [2.05, 4.69) is 24.0 Å². The lowest BCUT2D eigenvalue weighted by Crippen LogP contribution is -2.39. The average Bonchev–Trinajstić information content (AvgIpc) is 3.13. The maximum absolute atomic E-state index is 12.8. The second-order valence-corrected chi connectivity index (χ2v) is 7.98. The van der Waals surface area contributed by atoms with Gasteiger partial charge in [0.15, 0.2) is 0 Å². The Morgan fingerprint density at radius 1 is 1.07 bits per heavy atom. The number of aromatic carboxylic acids is 1. The van der Waals surface area contributed by atoms with Gasteiger partial charge in [0.1, 0.15) is 0 Å². The van der Waals surface area contributed by atoms with Crippen molar-refractivity contribution in [1.82, 2.24) is 9.88 Å². The van der Waals surface area contributed by atoms with Gasteiger partial charge in [-0.1, -0.05) is 36.4 Å². The van der Waals surface area contributed by atoms with Crippen molar-refractivity contribution in [1.29, 1.82) is 0 Å². The summed E-state index contributed by atoms with van der Waals surface area (Å²) in [6.07, 6.45) is 4.94. The Morgan fingerprint density at radius 3 is 2.59 bits per heavy atom. The highest BCUT2D eigenvalue weighted by Crippen LogP contribution is 2.26. The number of nitrogens with one attached hydrogen (secondary N) is 1. The number of carboxylic acids is 1. The Kier molecular flexibility index (Phi) is 5.38. The number of benzene rings is 2. The minimum Gasteiger partial charge on any atom is -0.478 e.